The SMILES string of the molecule is Cc1cc(=O)oc2cc(OCC(=O)N3C[C@@H](C)N(Cc4ccc(F)cc4)C[C@@H]3C)ccc12. The molecule has 2 atom stereocenters. The van der Waals surface area contributed by atoms with E-state index >= 15 is 0 Å². The topological polar surface area (TPSA) is 63.0 Å². The Morgan fingerprint density at radius 2 is 1.84 bits per heavy atom. The maximum Gasteiger partial charge on any atom is 0.336 e. The van der Waals surface area contributed by atoms with Crippen molar-refractivity contribution >= 4 is 16.9 Å². The van der Waals surface area contributed by atoms with Crippen molar-refractivity contribution in [2.45, 2.75) is 39.4 Å². The largest absolute Gasteiger partial charge is 0.484 e. The summed E-state index contributed by atoms with van der Waals surface area (Å²) in [4.78, 5) is 28.6. The second kappa shape index (κ2) is 9.12. The maximum atomic E-state index is 13.2. The Kier molecular flexibility index (Phi) is 6.28. The van der Waals surface area contributed by atoms with Crippen LogP contribution in [-0.2, 0) is 11.3 Å². The summed E-state index contributed by atoms with van der Waals surface area (Å²) in [6.07, 6.45) is 0. The number of carbonyl (C=O) groups is 1. The lowest BCUT2D eigenvalue weighted by atomic mass is 10.1. The van der Waals surface area contributed by atoms with Gasteiger partial charge < -0.3 is 14.1 Å². The van der Waals surface area contributed by atoms with E-state index in [1.807, 2.05) is 24.8 Å². The smallest absolute Gasteiger partial charge is 0.336 e. The third-order valence-electron chi connectivity index (χ3n) is 6.02. The number of aryl methyl sites for hydroxylation is 1. The third kappa shape index (κ3) is 4.83. The molecular weight excluding hydrogens is 411 g/mol. The summed E-state index contributed by atoms with van der Waals surface area (Å²) >= 11 is 0. The van der Waals surface area contributed by atoms with E-state index < -0.39 is 5.63 Å². The highest BCUT2D eigenvalue weighted by Crippen LogP contribution is 2.23. The molecule has 7 heteroatoms. The second-order valence-corrected chi connectivity index (χ2v) is 8.50. The molecule has 0 unspecified atom stereocenters. The molecule has 1 aliphatic heterocycles. The standard InChI is InChI=1S/C25H27FN2O4/c1-16-10-25(30)32-23-11-21(8-9-22(16)23)31-15-24(29)28-13-17(2)27(12-18(28)3)14-19-4-6-20(26)7-5-19/h4-11,17-18H,12-15H2,1-3H3/t17-,18+/m1/s1. The number of ether oxygens (including phenoxy) is 1. The van der Waals surface area contributed by atoms with Crippen molar-refractivity contribution in [2.24, 2.45) is 0 Å². The molecule has 0 saturated carbocycles. The van der Waals surface area contributed by atoms with Gasteiger partial charge in [0.15, 0.2) is 6.61 Å². The maximum absolute atomic E-state index is 13.2. The zero-order valence-electron chi connectivity index (χ0n) is 18.5. The van der Waals surface area contributed by atoms with Gasteiger partial charge in [0.25, 0.3) is 5.91 Å². The first-order valence-corrected chi connectivity index (χ1v) is 10.8. The van der Waals surface area contributed by atoms with Crippen LogP contribution in [-0.4, -0.2) is 47.5 Å². The summed E-state index contributed by atoms with van der Waals surface area (Å²) in [5.74, 6) is 0.154. The van der Waals surface area contributed by atoms with Crippen LogP contribution in [0.3, 0.4) is 0 Å². The molecule has 0 aliphatic carbocycles. The highest BCUT2D eigenvalue weighted by molar-refractivity contribution is 5.82. The minimum absolute atomic E-state index is 0.0278. The number of carbonyl (C=O) groups excluding carboxylic acids is 1. The summed E-state index contributed by atoms with van der Waals surface area (Å²) < 4.78 is 24.1. The molecule has 32 heavy (non-hydrogen) atoms. The van der Waals surface area contributed by atoms with Crippen LogP contribution in [0.15, 0.2) is 57.7 Å². The molecule has 1 amide bonds. The first-order valence-electron chi connectivity index (χ1n) is 10.8. The van der Waals surface area contributed by atoms with Crippen LogP contribution in [0.25, 0.3) is 11.0 Å². The van der Waals surface area contributed by atoms with Gasteiger partial charge in [-0.25, -0.2) is 9.18 Å². The Balaban J connectivity index is 1.37. The summed E-state index contributed by atoms with van der Waals surface area (Å²) in [5, 5.41) is 0.836. The molecule has 4 rings (SSSR count). The van der Waals surface area contributed by atoms with Gasteiger partial charge in [0.05, 0.1) is 0 Å². The number of hydrogen-bond donors (Lipinski definition) is 0. The van der Waals surface area contributed by atoms with Gasteiger partial charge in [0.2, 0.25) is 0 Å². The normalized spacial score (nSPS) is 19.3. The molecule has 3 aromatic rings. The Bertz CT molecular complexity index is 1170. The number of halogens is 1. The summed E-state index contributed by atoms with van der Waals surface area (Å²) in [7, 11) is 0. The van der Waals surface area contributed by atoms with E-state index in [0.717, 1.165) is 23.1 Å². The van der Waals surface area contributed by atoms with Crippen molar-refractivity contribution in [3.8, 4) is 5.75 Å². The van der Waals surface area contributed by atoms with E-state index in [0.29, 0.717) is 24.4 Å². The first kappa shape index (κ1) is 22.0. The third-order valence-corrected chi connectivity index (χ3v) is 6.02. The van der Waals surface area contributed by atoms with Gasteiger partial charge in [0.1, 0.15) is 17.1 Å². The quantitative estimate of drug-likeness (QED) is 0.568. The molecule has 0 bridgehead atoms. The molecule has 0 N–H and O–H groups in total. The van der Waals surface area contributed by atoms with Crippen LogP contribution in [0.2, 0.25) is 0 Å². The fraction of sp³-hybridized carbons (Fsp3) is 0.360. The van der Waals surface area contributed by atoms with Gasteiger partial charge in [-0.2, -0.15) is 0 Å². The fourth-order valence-corrected chi connectivity index (χ4v) is 4.21. The zero-order valence-corrected chi connectivity index (χ0v) is 18.5. The number of amides is 1. The van der Waals surface area contributed by atoms with Gasteiger partial charge in [-0.15, -0.1) is 0 Å². The number of rotatable bonds is 5. The van der Waals surface area contributed by atoms with Crippen LogP contribution in [0.1, 0.15) is 25.0 Å². The monoisotopic (exact) mass is 438 g/mol. The predicted octanol–water partition coefficient (Wildman–Crippen LogP) is 3.74. The molecule has 1 fully saturated rings. The molecule has 1 aromatic heterocycles. The molecular formula is C25H27FN2O4. The molecule has 0 radical (unpaired) electrons. The summed E-state index contributed by atoms with van der Waals surface area (Å²) in [5.41, 5.74) is 1.91. The van der Waals surface area contributed by atoms with Gasteiger partial charge in [-0.05, 0) is 56.2 Å². The van der Waals surface area contributed by atoms with E-state index in [-0.39, 0.29) is 30.4 Å². The Labute approximate surface area is 186 Å². The van der Waals surface area contributed by atoms with Crippen LogP contribution in [0.4, 0.5) is 4.39 Å². The fourth-order valence-electron chi connectivity index (χ4n) is 4.21. The van der Waals surface area contributed by atoms with Crippen LogP contribution < -0.4 is 10.4 Å². The van der Waals surface area contributed by atoms with Crippen LogP contribution in [0.5, 0.6) is 5.75 Å². The second-order valence-electron chi connectivity index (χ2n) is 8.50. The zero-order chi connectivity index (χ0) is 22.8. The van der Waals surface area contributed by atoms with Gasteiger partial charge in [-0.1, -0.05) is 12.1 Å². The van der Waals surface area contributed by atoms with E-state index in [9.17, 15) is 14.0 Å². The van der Waals surface area contributed by atoms with Crippen molar-refractivity contribution in [3.63, 3.8) is 0 Å². The number of benzene rings is 2. The highest BCUT2D eigenvalue weighted by Gasteiger charge is 2.32. The van der Waals surface area contributed by atoms with Crippen molar-refractivity contribution < 1.29 is 18.3 Å². The minimum Gasteiger partial charge on any atom is -0.484 e. The van der Waals surface area contributed by atoms with Crippen molar-refractivity contribution in [1.82, 2.24) is 9.80 Å². The van der Waals surface area contributed by atoms with E-state index in [4.69, 9.17) is 9.15 Å². The molecule has 2 aromatic carbocycles. The molecule has 168 valence electrons. The molecule has 2 heterocycles. The Morgan fingerprint density at radius 1 is 1.09 bits per heavy atom. The summed E-state index contributed by atoms with van der Waals surface area (Å²) in [6.45, 7) is 7.91. The van der Waals surface area contributed by atoms with Crippen LogP contribution >= 0.6 is 0 Å². The van der Waals surface area contributed by atoms with E-state index in [1.165, 1.54) is 18.2 Å². The predicted molar refractivity (Wildman–Crippen MR) is 120 cm³/mol. The molecule has 0 spiro atoms. The average Bonchev–Trinajstić information content (AvgIpc) is 2.75. The van der Waals surface area contributed by atoms with Gasteiger partial charge in [0, 0.05) is 49.2 Å². The Hall–Kier alpha value is -3.19. The minimum atomic E-state index is -0.412. The van der Waals surface area contributed by atoms with Crippen molar-refractivity contribution in [3.05, 3.63) is 75.9 Å². The van der Waals surface area contributed by atoms with Gasteiger partial charge >= 0.3 is 5.63 Å². The molecule has 6 nitrogen and oxygen atoms in total. The first-order chi connectivity index (χ1) is 15.3. The lowest BCUT2D eigenvalue weighted by molar-refractivity contribution is -0.139. The average molecular weight is 438 g/mol. The van der Waals surface area contributed by atoms with Crippen molar-refractivity contribution in [2.75, 3.05) is 19.7 Å². The van der Waals surface area contributed by atoms with E-state index in [1.54, 1.807) is 24.3 Å². The Morgan fingerprint density at radius 3 is 2.59 bits per heavy atom. The van der Waals surface area contributed by atoms with Crippen LogP contribution in [0, 0.1) is 12.7 Å². The van der Waals surface area contributed by atoms with Gasteiger partial charge in [-0.3, -0.25) is 9.69 Å². The lowest BCUT2D eigenvalue weighted by Crippen LogP contribution is -2.58. The number of piperazine rings is 1. The highest BCUT2D eigenvalue weighted by atomic mass is 19.1. The number of fused-ring (bicyclic) bond motifs is 1. The lowest BCUT2D eigenvalue weighted by Gasteiger charge is -2.44. The van der Waals surface area contributed by atoms with E-state index in [2.05, 4.69) is 11.8 Å². The summed E-state index contributed by atoms with van der Waals surface area (Å²) in [6, 6.07) is 13.4. The molecule has 1 saturated heterocycles. The molecule has 1 aliphatic rings. The van der Waals surface area contributed by atoms with Crippen molar-refractivity contribution in [1.29, 1.82) is 0 Å². The number of hydrogen-bond acceptors (Lipinski definition) is 5. The number of nitrogens with zero attached hydrogens (tertiary/aromatic N) is 2.